The van der Waals surface area contributed by atoms with Crippen molar-refractivity contribution in [1.29, 1.82) is 0 Å². The van der Waals surface area contributed by atoms with Gasteiger partial charge in [0.05, 0.1) is 5.56 Å². The van der Waals surface area contributed by atoms with Crippen molar-refractivity contribution in [3.63, 3.8) is 0 Å². The van der Waals surface area contributed by atoms with Crippen LogP contribution in [0.5, 0.6) is 0 Å². The lowest BCUT2D eigenvalue weighted by atomic mass is 10.2. The van der Waals surface area contributed by atoms with Crippen LogP contribution < -0.4 is 11.1 Å². The summed E-state index contributed by atoms with van der Waals surface area (Å²) in [5, 5.41) is 2.95. The van der Waals surface area contributed by atoms with Crippen molar-refractivity contribution in [2.45, 2.75) is 19.1 Å². The van der Waals surface area contributed by atoms with Gasteiger partial charge in [-0.3, -0.25) is 0 Å². The minimum absolute atomic E-state index is 0.0609. The van der Waals surface area contributed by atoms with Crippen LogP contribution in [-0.4, -0.2) is 12.6 Å². The second-order valence-corrected chi connectivity index (χ2v) is 4.40. The zero-order valence-corrected chi connectivity index (χ0v) is 10.2. The number of hydrogen-bond donors (Lipinski definition) is 2. The fourth-order valence-electron chi connectivity index (χ4n) is 1.11. The normalized spacial score (nSPS) is 13.6. The van der Waals surface area contributed by atoms with E-state index in [0.717, 1.165) is 12.1 Å². The first-order valence-electron chi connectivity index (χ1n) is 4.67. The summed E-state index contributed by atoms with van der Waals surface area (Å²) in [5.41, 5.74) is 5.46. The average molecular weight is 297 g/mol. The molecule has 0 aliphatic rings. The lowest BCUT2D eigenvalue weighted by Crippen LogP contribution is -2.25. The van der Waals surface area contributed by atoms with Gasteiger partial charge in [0.1, 0.15) is 0 Å². The first-order chi connectivity index (χ1) is 7.30. The summed E-state index contributed by atoms with van der Waals surface area (Å²) in [7, 11) is 0. The maximum Gasteiger partial charge on any atom is 0.416 e. The first kappa shape index (κ1) is 13.3. The summed E-state index contributed by atoms with van der Waals surface area (Å²) in [5.74, 6) is 0. The van der Waals surface area contributed by atoms with Gasteiger partial charge in [-0.15, -0.1) is 0 Å². The smallest absolute Gasteiger partial charge is 0.383 e. The molecule has 16 heavy (non-hydrogen) atoms. The van der Waals surface area contributed by atoms with Crippen molar-refractivity contribution >= 4 is 21.6 Å². The van der Waals surface area contributed by atoms with Crippen molar-refractivity contribution in [1.82, 2.24) is 0 Å². The van der Waals surface area contributed by atoms with Gasteiger partial charge in [-0.05, 0) is 41.1 Å². The third-order valence-electron chi connectivity index (χ3n) is 1.91. The molecule has 0 aliphatic heterocycles. The minimum Gasteiger partial charge on any atom is -0.383 e. The maximum atomic E-state index is 12.4. The molecule has 1 aromatic rings. The molecule has 0 saturated heterocycles. The second-order valence-electron chi connectivity index (χ2n) is 3.55. The van der Waals surface area contributed by atoms with Crippen molar-refractivity contribution in [3.05, 3.63) is 28.2 Å². The van der Waals surface area contributed by atoms with E-state index in [2.05, 4.69) is 21.2 Å². The lowest BCUT2D eigenvalue weighted by Gasteiger charge is -2.13. The molecule has 0 spiro atoms. The molecule has 0 fully saturated rings. The maximum absolute atomic E-state index is 12.4. The molecule has 0 bridgehead atoms. The largest absolute Gasteiger partial charge is 0.416 e. The fraction of sp³-hybridized carbons (Fsp3) is 0.400. The Labute approximate surface area is 100 Å². The molecular weight excluding hydrogens is 285 g/mol. The third kappa shape index (κ3) is 3.68. The molecule has 0 aromatic heterocycles. The zero-order chi connectivity index (χ0) is 12.3. The Balaban J connectivity index is 2.84. The Kier molecular flexibility index (Phi) is 4.21. The van der Waals surface area contributed by atoms with Crippen molar-refractivity contribution in [3.8, 4) is 0 Å². The van der Waals surface area contributed by atoms with E-state index < -0.39 is 11.7 Å². The minimum atomic E-state index is -4.32. The molecule has 0 amide bonds. The number of nitrogens with one attached hydrogen (secondary N) is 1. The topological polar surface area (TPSA) is 38.0 Å². The predicted octanol–water partition coefficient (Wildman–Crippen LogP) is 3.23. The summed E-state index contributed by atoms with van der Waals surface area (Å²) in [6.07, 6.45) is -4.32. The lowest BCUT2D eigenvalue weighted by molar-refractivity contribution is -0.137. The van der Waals surface area contributed by atoms with Gasteiger partial charge in [-0.2, -0.15) is 13.2 Å². The number of hydrogen-bond acceptors (Lipinski definition) is 2. The van der Waals surface area contributed by atoms with E-state index in [4.69, 9.17) is 5.73 Å². The Hall–Kier alpha value is -0.750. The second kappa shape index (κ2) is 5.05. The number of rotatable bonds is 3. The van der Waals surface area contributed by atoms with E-state index in [-0.39, 0.29) is 6.04 Å². The van der Waals surface area contributed by atoms with Crippen LogP contribution in [0.4, 0.5) is 18.9 Å². The Bertz CT molecular complexity index is 364. The van der Waals surface area contributed by atoms with E-state index in [0.29, 0.717) is 16.7 Å². The van der Waals surface area contributed by atoms with E-state index in [1.54, 1.807) is 0 Å². The number of nitrogens with two attached hydrogens (primary N) is 1. The molecule has 1 rings (SSSR count). The Morgan fingerprint density at radius 1 is 1.44 bits per heavy atom. The van der Waals surface area contributed by atoms with Gasteiger partial charge in [0.2, 0.25) is 0 Å². The molecule has 90 valence electrons. The quantitative estimate of drug-likeness (QED) is 0.899. The highest BCUT2D eigenvalue weighted by Crippen LogP contribution is 2.33. The van der Waals surface area contributed by atoms with Gasteiger partial charge in [0, 0.05) is 22.7 Å². The summed E-state index contributed by atoms with van der Waals surface area (Å²) in [6.45, 7) is 2.31. The number of benzene rings is 1. The van der Waals surface area contributed by atoms with Gasteiger partial charge in [0.15, 0.2) is 0 Å². The fourth-order valence-corrected chi connectivity index (χ4v) is 1.62. The van der Waals surface area contributed by atoms with Crippen LogP contribution >= 0.6 is 15.9 Å². The summed E-state index contributed by atoms with van der Waals surface area (Å²) < 4.78 is 37.4. The van der Waals surface area contributed by atoms with Crippen molar-refractivity contribution in [2.75, 3.05) is 11.9 Å². The van der Waals surface area contributed by atoms with Crippen LogP contribution in [0.3, 0.4) is 0 Å². The summed E-state index contributed by atoms with van der Waals surface area (Å²) in [4.78, 5) is 0. The van der Waals surface area contributed by atoms with Crippen LogP contribution in [-0.2, 0) is 6.18 Å². The molecule has 2 nitrogen and oxygen atoms in total. The standard InChI is InChI=1S/C10H12BrF3N2/c1-6(15)5-16-9-3-2-7(4-8(9)11)10(12,13)14/h2-4,6,16H,5,15H2,1H3. The van der Waals surface area contributed by atoms with Crippen LogP contribution in [0.2, 0.25) is 0 Å². The number of alkyl halides is 3. The predicted molar refractivity (Wildman–Crippen MR) is 61.3 cm³/mol. The van der Waals surface area contributed by atoms with Gasteiger partial charge < -0.3 is 11.1 Å². The van der Waals surface area contributed by atoms with Crippen LogP contribution in [0, 0.1) is 0 Å². The van der Waals surface area contributed by atoms with E-state index in [1.807, 2.05) is 6.92 Å². The molecule has 3 N–H and O–H groups in total. The van der Waals surface area contributed by atoms with Gasteiger partial charge >= 0.3 is 6.18 Å². The molecule has 1 unspecified atom stereocenters. The molecule has 0 saturated carbocycles. The number of halogens is 4. The molecular formula is C10H12BrF3N2. The molecule has 1 aromatic carbocycles. The summed E-state index contributed by atoms with van der Waals surface area (Å²) in [6, 6.07) is 3.40. The molecule has 6 heteroatoms. The highest BCUT2D eigenvalue weighted by atomic mass is 79.9. The number of anilines is 1. The van der Waals surface area contributed by atoms with E-state index >= 15 is 0 Å². The first-order valence-corrected chi connectivity index (χ1v) is 5.46. The van der Waals surface area contributed by atoms with Crippen LogP contribution in [0.25, 0.3) is 0 Å². The van der Waals surface area contributed by atoms with E-state index in [9.17, 15) is 13.2 Å². The summed E-state index contributed by atoms with van der Waals surface area (Å²) >= 11 is 3.09. The Morgan fingerprint density at radius 2 is 2.06 bits per heavy atom. The van der Waals surface area contributed by atoms with E-state index in [1.165, 1.54) is 6.07 Å². The molecule has 0 heterocycles. The molecule has 0 radical (unpaired) electrons. The van der Waals surface area contributed by atoms with Crippen LogP contribution in [0.15, 0.2) is 22.7 Å². The van der Waals surface area contributed by atoms with Crippen molar-refractivity contribution in [2.24, 2.45) is 5.73 Å². The highest BCUT2D eigenvalue weighted by Gasteiger charge is 2.30. The Morgan fingerprint density at radius 3 is 2.50 bits per heavy atom. The monoisotopic (exact) mass is 296 g/mol. The molecule has 0 aliphatic carbocycles. The van der Waals surface area contributed by atoms with Crippen molar-refractivity contribution < 1.29 is 13.2 Å². The van der Waals surface area contributed by atoms with Gasteiger partial charge in [-0.25, -0.2) is 0 Å². The average Bonchev–Trinajstić information content (AvgIpc) is 2.14. The third-order valence-corrected chi connectivity index (χ3v) is 2.57. The van der Waals surface area contributed by atoms with Crippen LogP contribution in [0.1, 0.15) is 12.5 Å². The van der Waals surface area contributed by atoms with Gasteiger partial charge in [0.25, 0.3) is 0 Å². The molecule has 1 atom stereocenters. The SMILES string of the molecule is CC(N)CNc1ccc(C(F)(F)F)cc1Br. The highest BCUT2D eigenvalue weighted by molar-refractivity contribution is 9.10. The van der Waals surface area contributed by atoms with Gasteiger partial charge in [-0.1, -0.05) is 0 Å². The zero-order valence-electron chi connectivity index (χ0n) is 8.61.